The van der Waals surface area contributed by atoms with Crippen LogP contribution in [0.2, 0.25) is 10.0 Å². The van der Waals surface area contributed by atoms with Crippen molar-refractivity contribution in [3.8, 4) is 17.2 Å². The van der Waals surface area contributed by atoms with Crippen molar-refractivity contribution in [3.05, 3.63) is 58.1 Å². The van der Waals surface area contributed by atoms with Crippen molar-refractivity contribution >= 4 is 35.1 Å². The van der Waals surface area contributed by atoms with Crippen LogP contribution in [0.1, 0.15) is 5.56 Å². The van der Waals surface area contributed by atoms with Crippen molar-refractivity contribution in [2.75, 3.05) is 11.9 Å². The first-order chi connectivity index (χ1) is 12.0. The second-order valence-corrected chi connectivity index (χ2v) is 6.05. The second kappa shape index (κ2) is 7.55. The number of carbonyl (C=O) groups excluding carboxylic acids is 1. The summed E-state index contributed by atoms with van der Waals surface area (Å²) in [4.78, 5) is 11.9. The number of halogens is 2. The third-order valence-electron chi connectivity index (χ3n) is 3.23. The van der Waals surface area contributed by atoms with Crippen LogP contribution in [0.4, 0.5) is 6.01 Å². The fourth-order valence-corrected chi connectivity index (χ4v) is 2.61. The van der Waals surface area contributed by atoms with Crippen LogP contribution in [-0.2, 0) is 4.79 Å². The zero-order valence-corrected chi connectivity index (χ0v) is 14.6. The van der Waals surface area contributed by atoms with E-state index in [-0.39, 0.29) is 18.5 Å². The Hall–Kier alpha value is -2.57. The summed E-state index contributed by atoms with van der Waals surface area (Å²) >= 11 is 11.9. The molecule has 0 radical (unpaired) electrons. The summed E-state index contributed by atoms with van der Waals surface area (Å²) in [6, 6.07) is 12.2. The number of hydrogen-bond donors (Lipinski definition) is 1. The third-order valence-corrected chi connectivity index (χ3v) is 3.67. The van der Waals surface area contributed by atoms with Gasteiger partial charge in [-0.1, -0.05) is 46.5 Å². The fraction of sp³-hybridized carbons (Fsp3) is 0.118. The maximum absolute atomic E-state index is 11.9. The van der Waals surface area contributed by atoms with Gasteiger partial charge in [0.05, 0.1) is 0 Å². The van der Waals surface area contributed by atoms with E-state index in [1.165, 1.54) is 0 Å². The maximum Gasteiger partial charge on any atom is 0.322 e. The Morgan fingerprint density at radius 3 is 2.60 bits per heavy atom. The predicted molar refractivity (Wildman–Crippen MR) is 95.1 cm³/mol. The lowest BCUT2D eigenvalue weighted by Gasteiger charge is -2.07. The van der Waals surface area contributed by atoms with Crippen LogP contribution in [0.15, 0.2) is 46.9 Å². The van der Waals surface area contributed by atoms with Crippen molar-refractivity contribution in [2.24, 2.45) is 0 Å². The van der Waals surface area contributed by atoms with E-state index in [4.69, 9.17) is 32.4 Å². The van der Waals surface area contributed by atoms with Crippen LogP contribution in [0.25, 0.3) is 11.5 Å². The summed E-state index contributed by atoms with van der Waals surface area (Å²) in [7, 11) is 0. The first-order valence-electron chi connectivity index (χ1n) is 7.29. The molecule has 1 amide bonds. The predicted octanol–water partition coefficient (Wildman–Crippen LogP) is 4.37. The lowest BCUT2D eigenvalue weighted by atomic mass is 10.2. The Morgan fingerprint density at radius 1 is 1.16 bits per heavy atom. The van der Waals surface area contributed by atoms with Crippen LogP contribution < -0.4 is 10.1 Å². The lowest BCUT2D eigenvalue weighted by Crippen LogP contribution is -2.20. The zero-order valence-electron chi connectivity index (χ0n) is 13.1. The minimum Gasteiger partial charge on any atom is -0.483 e. The Bertz CT molecular complexity index is 891. The van der Waals surface area contributed by atoms with Gasteiger partial charge in [0.15, 0.2) is 6.61 Å². The average Bonchev–Trinajstić information content (AvgIpc) is 3.02. The number of para-hydroxylation sites is 1. The lowest BCUT2D eigenvalue weighted by molar-refractivity contribution is -0.118. The first-order valence-corrected chi connectivity index (χ1v) is 8.05. The molecule has 3 aromatic rings. The zero-order chi connectivity index (χ0) is 17.8. The topological polar surface area (TPSA) is 77.2 Å². The van der Waals surface area contributed by atoms with Crippen LogP contribution in [0, 0.1) is 6.92 Å². The number of nitrogens with one attached hydrogen (secondary N) is 1. The highest BCUT2D eigenvalue weighted by Crippen LogP contribution is 2.27. The number of rotatable bonds is 5. The van der Waals surface area contributed by atoms with Crippen LogP contribution in [0.3, 0.4) is 0 Å². The Labute approximate surface area is 153 Å². The molecule has 0 aliphatic carbocycles. The molecular formula is C17H13Cl2N3O3. The van der Waals surface area contributed by atoms with E-state index in [0.717, 1.165) is 5.56 Å². The largest absolute Gasteiger partial charge is 0.483 e. The molecule has 128 valence electrons. The van der Waals surface area contributed by atoms with E-state index in [0.29, 0.717) is 21.4 Å². The summed E-state index contributed by atoms with van der Waals surface area (Å²) in [6.45, 7) is 1.72. The molecule has 0 unspecified atom stereocenters. The Morgan fingerprint density at radius 2 is 1.88 bits per heavy atom. The van der Waals surface area contributed by atoms with Crippen LogP contribution >= 0.6 is 23.2 Å². The molecule has 0 aliphatic rings. The molecule has 1 aromatic heterocycles. The molecule has 6 nitrogen and oxygen atoms in total. The van der Waals surface area contributed by atoms with Gasteiger partial charge in [-0.2, -0.15) is 0 Å². The molecule has 8 heteroatoms. The molecule has 0 bridgehead atoms. The van der Waals surface area contributed by atoms with Gasteiger partial charge in [0.25, 0.3) is 5.91 Å². The minimum atomic E-state index is -0.414. The molecule has 1 heterocycles. The van der Waals surface area contributed by atoms with E-state index >= 15 is 0 Å². The van der Waals surface area contributed by atoms with E-state index in [9.17, 15) is 4.79 Å². The normalized spacial score (nSPS) is 10.5. The summed E-state index contributed by atoms with van der Waals surface area (Å²) in [5.74, 6) is 0.416. The summed E-state index contributed by atoms with van der Waals surface area (Å²) in [5.41, 5.74) is 1.50. The Kier molecular flexibility index (Phi) is 5.21. The van der Waals surface area contributed by atoms with Crippen molar-refractivity contribution < 1.29 is 13.9 Å². The van der Waals surface area contributed by atoms with Crippen LogP contribution in [-0.4, -0.2) is 22.7 Å². The average molecular weight is 378 g/mol. The van der Waals surface area contributed by atoms with Crippen molar-refractivity contribution in [1.29, 1.82) is 0 Å². The van der Waals surface area contributed by atoms with Crippen LogP contribution in [0.5, 0.6) is 5.75 Å². The number of nitrogens with zero attached hydrogens (tertiary/aromatic N) is 2. The molecule has 0 aliphatic heterocycles. The van der Waals surface area contributed by atoms with Gasteiger partial charge < -0.3 is 9.15 Å². The standard InChI is InChI=1S/C17H13Cl2N3O3/c1-10-4-2-3-5-14(10)24-9-15(23)20-17-22-21-16(25-17)11-6-12(18)8-13(19)7-11/h2-8H,9H2,1H3,(H,20,22,23). The highest BCUT2D eigenvalue weighted by Gasteiger charge is 2.13. The first kappa shape index (κ1) is 17.3. The summed E-state index contributed by atoms with van der Waals surface area (Å²) in [5, 5.41) is 11.0. The maximum atomic E-state index is 11.9. The summed E-state index contributed by atoms with van der Waals surface area (Å²) in [6.07, 6.45) is 0. The minimum absolute atomic E-state index is 0.0375. The van der Waals surface area contributed by atoms with Crippen molar-refractivity contribution in [3.63, 3.8) is 0 Å². The molecule has 1 N–H and O–H groups in total. The smallest absolute Gasteiger partial charge is 0.322 e. The highest BCUT2D eigenvalue weighted by atomic mass is 35.5. The molecule has 25 heavy (non-hydrogen) atoms. The number of amides is 1. The highest BCUT2D eigenvalue weighted by molar-refractivity contribution is 6.35. The number of anilines is 1. The van der Waals surface area contributed by atoms with Gasteiger partial charge in [0.1, 0.15) is 5.75 Å². The van der Waals surface area contributed by atoms with Crippen molar-refractivity contribution in [1.82, 2.24) is 10.2 Å². The number of ether oxygens (including phenoxy) is 1. The monoisotopic (exact) mass is 377 g/mol. The Balaban J connectivity index is 1.63. The van der Waals surface area contributed by atoms with Crippen molar-refractivity contribution in [2.45, 2.75) is 6.92 Å². The van der Waals surface area contributed by atoms with Gasteiger partial charge in [-0.3, -0.25) is 10.1 Å². The number of aromatic nitrogens is 2. The van der Waals surface area contributed by atoms with E-state index in [2.05, 4.69) is 15.5 Å². The van der Waals surface area contributed by atoms with Gasteiger partial charge in [-0.15, -0.1) is 5.10 Å². The molecule has 0 saturated carbocycles. The van der Waals surface area contributed by atoms with E-state index in [1.54, 1.807) is 24.3 Å². The van der Waals surface area contributed by atoms with Gasteiger partial charge in [-0.25, -0.2) is 0 Å². The van der Waals surface area contributed by atoms with Gasteiger partial charge in [0, 0.05) is 15.6 Å². The molecule has 3 rings (SSSR count). The van der Waals surface area contributed by atoms with Gasteiger partial charge in [-0.05, 0) is 36.8 Å². The third kappa shape index (κ3) is 4.49. The number of benzene rings is 2. The molecule has 0 fully saturated rings. The molecule has 2 aromatic carbocycles. The van der Waals surface area contributed by atoms with Gasteiger partial charge in [0.2, 0.25) is 5.89 Å². The fourth-order valence-electron chi connectivity index (χ4n) is 2.08. The molecule has 0 spiro atoms. The molecule has 0 saturated heterocycles. The van der Waals surface area contributed by atoms with E-state index < -0.39 is 5.91 Å². The van der Waals surface area contributed by atoms with Gasteiger partial charge >= 0.3 is 6.01 Å². The quantitative estimate of drug-likeness (QED) is 0.714. The molecule has 0 atom stereocenters. The molecular weight excluding hydrogens is 365 g/mol. The number of hydrogen-bond acceptors (Lipinski definition) is 5. The van der Waals surface area contributed by atoms with E-state index in [1.807, 2.05) is 25.1 Å². The second-order valence-electron chi connectivity index (χ2n) is 5.17. The number of carbonyl (C=O) groups is 1. The number of aryl methyl sites for hydroxylation is 1. The SMILES string of the molecule is Cc1ccccc1OCC(=O)Nc1nnc(-c2cc(Cl)cc(Cl)c2)o1. The summed E-state index contributed by atoms with van der Waals surface area (Å²) < 4.78 is 10.9.